The van der Waals surface area contributed by atoms with E-state index in [0.29, 0.717) is 27.8 Å². The molecule has 0 aliphatic carbocycles. The highest BCUT2D eigenvalue weighted by Crippen LogP contribution is 2.27. The zero-order valence-electron chi connectivity index (χ0n) is 18.5. The van der Waals surface area contributed by atoms with Crippen molar-refractivity contribution in [3.05, 3.63) is 63.6 Å². The Hall–Kier alpha value is -2.24. The van der Waals surface area contributed by atoms with Crippen molar-refractivity contribution in [3.8, 4) is 5.75 Å². The number of hydrogen-bond donors (Lipinski definition) is 1. The number of halogens is 2. The lowest BCUT2D eigenvalue weighted by Crippen LogP contribution is -2.51. The molecule has 2 aromatic rings. The second-order valence-corrected chi connectivity index (χ2v) is 8.33. The fourth-order valence-corrected chi connectivity index (χ4v) is 3.67. The van der Waals surface area contributed by atoms with E-state index in [9.17, 15) is 9.59 Å². The van der Waals surface area contributed by atoms with Gasteiger partial charge in [-0.1, -0.05) is 61.3 Å². The van der Waals surface area contributed by atoms with E-state index in [4.69, 9.17) is 27.9 Å². The Kier molecular flexibility index (Phi) is 9.66. The number of aryl methyl sites for hydroxylation is 1. The minimum Gasteiger partial charge on any atom is -0.484 e. The van der Waals surface area contributed by atoms with E-state index >= 15 is 0 Å². The van der Waals surface area contributed by atoms with E-state index in [1.165, 1.54) is 4.90 Å². The fourth-order valence-electron chi connectivity index (χ4n) is 3.16. The van der Waals surface area contributed by atoms with Gasteiger partial charge in [-0.2, -0.15) is 0 Å². The highest BCUT2D eigenvalue weighted by molar-refractivity contribution is 6.36. The molecule has 1 N–H and O–H groups in total. The molecule has 2 amide bonds. The molecule has 168 valence electrons. The van der Waals surface area contributed by atoms with Crippen LogP contribution in [0, 0.1) is 6.92 Å². The Morgan fingerprint density at radius 2 is 1.68 bits per heavy atom. The third-order valence-electron chi connectivity index (χ3n) is 5.22. The van der Waals surface area contributed by atoms with E-state index in [0.717, 1.165) is 12.0 Å². The van der Waals surface area contributed by atoms with Crippen molar-refractivity contribution in [2.75, 3.05) is 6.61 Å². The SMILES string of the molecule is CC[C@@H](C)NC(=O)[C@H](CC)N(Cc1c(Cl)cccc1Cl)C(=O)COc1ccccc1C. The van der Waals surface area contributed by atoms with Gasteiger partial charge in [-0.15, -0.1) is 0 Å². The summed E-state index contributed by atoms with van der Waals surface area (Å²) >= 11 is 12.7. The average molecular weight is 465 g/mol. The van der Waals surface area contributed by atoms with Gasteiger partial charge in [0.1, 0.15) is 11.8 Å². The Balaban J connectivity index is 2.30. The molecule has 0 heterocycles. The smallest absolute Gasteiger partial charge is 0.261 e. The summed E-state index contributed by atoms with van der Waals surface area (Å²) in [5.41, 5.74) is 1.53. The number of nitrogens with one attached hydrogen (secondary N) is 1. The number of benzene rings is 2. The summed E-state index contributed by atoms with van der Waals surface area (Å²) in [6.07, 6.45) is 1.24. The van der Waals surface area contributed by atoms with Crippen molar-refractivity contribution in [2.24, 2.45) is 0 Å². The van der Waals surface area contributed by atoms with E-state index in [1.807, 2.05) is 52.0 Å². The average Bonchev–Trinajstić information content (AvgIpc) is 2.74. The summed E-state index contributed by atoms with van der Waals surface area (Å²) < 4.78 is 5.77. The molecular formula is C24H30Cl2N2O3. The van der Waals surface area contributed by atoms with Crippen LogP contribution in [0.3, 0.4) is 0 Å². The van der Waals surface area contributed by atoms with Crippen LogP contribution in [0.15, 0.2) is 42.5 Å². The van der Waals surface area contributed by atoms with Crippen LogP contribution >= 0.6 is 23.2 Å². The van der Waals surface area contributed by atoms with E-state index in [1.54, 1.807) is 18.2 Å². The molecule has 2 atom stereocenters. The molecule has 2 aromatic carbocycles. The Morgan fingerprint density at radius 1 is 1.03 bits per heavy atom. The van der Waals surface area contributed by atoms with Gasteiger partial charge in [0, 0.05) is 28.2 Å². The summed E-state index contributed by atoms with van der Waals surface area (Å²) in [7, 11) is 0. The van der Waals surface area contributed by atoms with Gasteiger partial charge in [-0.05, 0) is 50.5 Å². The number of hydrogen-bond acceptors (Lipinski definition) is 3. The number of para-hydroxylation sites is 1. The number of carbonyl (C=O) groups is 2. The molecule has 0 spiro atoms. The highest BCUT2D eigenvalue weighted by Gasteiger charge is 2.30. The first kappa shape index (κ1) is 25.0. The molecule has 0 radical (unpaired) electrons. The first-order valence-electron chi connectivity index (χ1n) is 10.5. The second kappa shape index (κ2) is 12.0. The summed E-state index contributed by atoms with van der Waals surface area (Å²) in [4.78, 5) is 27.7. The molecule has 5 nitrogen and oxygen atoms in total. The minimum atomic E-state index is -0.672. The van der Waals surface area contributed by atoms with Crippen molar-refractivity contribution in [2.45, 2.75) is 59.2 Å². The van der Waals surface area contributed by atoms with Crippen LogP contribution in [-0.2, 0) is 16.1 Å². The van der Waals surface area contributed by atoms with Gasteiger partial charge in [0.15, 0.2) is 6.61 Å². The lowest BCUT2D eigenvalue weighted by Gasteiger charge is -2.32. The maximum Gasteiger partial charge on any atom is 0.261 e. The fraction of sp³-hybridized carbons (Fsp3) is 0.417. The third-order valence-corrected chi connectivity index (χ3v) is 5.93. The van der Waals surface area contributed by atoms with Gasteiger partial charge in [0.05, 0.1) is 0 Å². The monoisotopic (exact) mass is 464 g/mol. The zero-order valence-corrected chi connectivity index (χ0v) is 20.0. The number of carbonyl (C=O) groups excluding carboxylic acids is 2. The summed E-state index contributed by atoms with van der Waals surface area (Å²) in [5, 5.41) is 3.87. The van der Waals surface area contributed by atoms with Gasteiger partial charge in [-0.25, -0.2) is 0 Å². The standard InChI is InChI=1S/C24H30Cl2N2O3/c1-5-17(4)27-24(30)21(6-2)28(14-18-19(25)11-9-12-20(18)26)23(29)15-31-22-13-8-7-10-16(22)3/h7-13,17,21H,5-6,14-15H2,1-4H3,(H,27,30)/t17-,21+/m1/s1. The van der Waals surface area contributed by atoms with Gasteiger partial charge >= 0.3 is 0 Å². The molecule has 0 saturated heterocycles. The predicted molar refractivity (Wildman–Crippen MR) is 126 cm³/mol. The molecule has 0 fully saturated rings. The maximum atomic E-state index is 13.2. The normalized spacial score (nSPS) is 12.7. The molecular weight excluding hydrogens is 435 g/mol. The van der Waals surface area contributed by atoms with Crippen LogP contribution in [0.1, 0.15) is 44.7 Å². The number of nitrogens with zero attached hydrogens (tertiary/aromatic N) is 1. The molecule has 0 unspecified atom stereocenters. The topological polar surface area (TPSA) is 58.6 Å². The van der Waals surface area contributed by atoms with Crippen LogP contribution in [0.25, 0.3) is 0 Å². The van der Waals surface area contributed by atoms with Crippen LogP contribution in [0.4, 0.5) is 0 Å². The largest absolute Gasteiger partial charge is 0.484 e. The van der Waals surface area contributed by atoms with Crippen molar-refractivity contribution in [1.29, 1.82) is 0 Å². The molecule has 0 saturated carbocycles. The van der Waals surface area contributed by atoms with Crippen molar-refractivity contribution in [3.63, 3.8) is 0 Å². The number of rotatable bonds is 10. The lowest BCUT2D eigenvalue weighted by atomic mass is 10.1. The van der Waals surface area contributed by atoms with E-state index in [-0.39, 0.29) is 31.0 Å². The van der Waals surface area contributed by atoms with Crippen LogP contribution < -0.4 is 10.1 Å². The number of ether oxygens (including phenoxy) is 1. The van der Waals surface area contributed by atoms with Gasteiger partial charge < -0.3 is 15.0 Å². The summed E-state index contributed by atoms with van der Waals surface area (Å²) in [5.74, 6) is 0.110. The quantitative estimate of drug-likeness (QED) is 0.511. The molecule has 7 heteroatoms. The second-order valence-electron chi connectivity index (χ2n) is 7.52. The summed E-state index contributed by atoms with van der Waals surface area (Å²) in [6, 6.07) is 12.0. The molecule has 0 aliphatic rings. The van der Waals surface area contributed by atoms with E-state index < -0.39 is 6.04 Å². The first-order chi connectivity index (χ1) is 14.8. The third kappa shape index (κ3) is 6.88. The highest BCUT2D eigenvalue weighted by atomic mass is 35.5. The van der Waals surface area contributed by atoms with Gasteiger partial charge in [-0.3, -0.25) is 9.59 Å². The van der Waals surface area contributed by atoms with Gasteiger partial charge in [0.25, 0.3) is 5.91 Å². The van der Waals surface area contributed by atoms with Gasteiger partial charge in [0.2, 0.25) is 5.91 Å². The van der Waals surface area contributed by atoms with Crippen molar-refractivity contribution < 1.29 is 14.3 Å². The molecule has 0 aromatic heterocycles. The van der Waals surface area contributed by atoms with Crippen LogP contribution in [0.5, 0.6) is 5.75 Å². The Labute approximate surface area is 194 Å². The predicted octanol–water partition coefficient (Wildman–Crippen LogP) is 5.40. The maximum absolute atomic E-state index is 13.2. The minimum absolute atomic E-state index is 0.00521. The van der Waals surface area contributed by atoms with Crippen LogP contribution in [-0.4, -0.2) is 35.4 Å². The Morgan fingerprint density at radius 3 is 2.26 bits per heavy atom. The van der Waals surface area contributed by atoms with Crippen molar-refractivity contribution >= 4 is 35.0 Å². The van der Waals surface area contributed by atoms with E-state index in [2.05, 4.69) is 5.32 Å². The van der Waals surface area contributed by atoms with Crippen molar-refractivity contribution in [1.82, 2.24) is 10.2 Å². The molecule has 2 rings (SSSR count). The number of amides is 2. The lowest BCUT2D eigenvalue weighted by molar-refractivity contribution is -0.143. The summed E-state index contributed by atoms with van der Waals surface area (Å²) in [6.45, 7) is 7.63. The molecule has 0 bridgehead atoms. The Bertz CT molecular complexity index is 884. The molecule has 0 aliphatic heterocycles. The van der Waals surface area contributed by atoms with Crippen LogP contribution in [0.2, 0.25) is 10.0 Å². The zero-order chi connectivity index (χ0) is 23.0. The molecule has 31 heavy (non-hydrogen) atoms. The first-order valence-corrected chi connectivity index (χ1v) is 11.2.